The van der Waals surface area contributed by atoms with Crippen LogP contribution in [0.3, 0.4) is 0 Å². The summed E-state index contributed by atoms with van der Waals surface area (Å²) in [7, 11) is 0. The molecule has 140 valence electrons. The number of halogens is 2. The lowest BCUT2D eigenvalue weighted by atomic mass is 10.2. The number of carbonyl (C=O) groups is 1. The third-order valence-corrected chi connectivity index (χ3v) is 5.88. The highest BCUT2D eigenvalue weighted by Crippen LogP contribution is 2.28. The normalized spacial score (nSPS) is 10.9. The summed E-state index contributed by atoms with van der Waals surface area (Å²) in [5.41, 5.74) is 7.25. The van der Waals surface area contributed by atoms with E-state index in [1.807, 2.05) is 22.8 Å². The highest BCUT2D eigenvalue weighted by molar-refractivity contribution is 7.99. The van der Waals surface area contributed by atoms with E-state index in [-0.39, 0.29) is 5.75 Å². The minimum absolute atomic E-state index is 0.115. The molecule has 0 fully saturated rings. The molecule has 0 atom stereocenters. The lowest BCUT2D eigenvalue weighted by molar-refractivity contribution is -0.115. The summed E-state index contributed by atoms with van der Waals surface area (Å²) < 4.78 is 1.86. The molecular weight excluding hydrogens is 423 g/mol. The number of carbonyl (C=O) groups excluding carboxylic acids is 1. The van der Waals surface area contributed by atoms with Crippen LogP contribution in [-0.2, 0) is 16.3 Å². The zero-order valence-electron chi connectivity index (χ0n) is 14.1. The molecule has 0 aliphatic rings. The fourth-order valence-electron chi connectivity index (χ4n) is 2.39. The topological polar surface area (TPSA) is 73.8 Å². The van der Waals surface area contributed by atoms with Crippen molar-refractivity contribution < 1.29 is 4.79 Å². The summed E-state index contributed by atoms with van der Waals surface area (Å²) in [6.07, 6.45) is 0. The highest BCUT2D eigenvalue weighted by Gasteiger charge is 2.16. The SMILES string of the molecule is NC(=O)CSc1nnc(CSCc2ccccc2)n1-c1cc(Cl)cc(Cl)c1. The van der Waals surface area contributed by atoms with Crippen LogP contribution in [0.1, 0.15) is 11.4 Å². The molecule has 0 radical (unpaired) electrons. The van der Waals surface area contributed by atoms with E-state index in [1.54, 1.807) is 30.0 Å². The van der Waals surface area contributed by atoms with Gasteiger partial charge in [-0.3, -0.25) is 9.36 Å². The molecule has 0 bridgehead atoms. The van der Waals surface area contributed by atoms with Gasteiger partial charge in [0.05, 0.1) is 17.2 Å². The van der Waals surface area contributed by atoms with Gasteiger partial charge >= 0.3 is 0 Å². The third-order valence-electron chi connectivity index (χ3n) is 3.49. The number of rotatable bonds is 8. The molecule has 0 aliphatic heterocycles. The lowest BCUT2D eigenvalue weighted by Crippen LogP contribution is -2.14. The highest BCUT2D eigenvalue weighted by atomic mass is 35.5. The monoisotopic (exact) mass is 438 g/mol. The number of hydrogen-bond donors (Lipinski definition) is 1. The van der Waals surface area contributed by atoms with Crippen LogP contribution in [0.5, 0.6) is 0 Å². The van der Waals surface area contributed by atoms with Crippen LogP contribution in [0.4, 0.5) is 0 Å². The second-order valence-electron chi connectivity index (χ2n) is 5.60. The van der Waals surface area contributed by atoms with E-state index in [2.05, 4.69) is 22.3 Å². The van der Waals surface area contributed by atoms with E-state index >= 15 is 0 Å². The van der Waals surface area contributed by atoms with Crippen LogP contribution < -0.4 is 5.73 Å². The first-order chi connectivity index (χ1) is 13.0. The van der Waals surface area contributed by atoms with Crippen molar-refractivity contribution in [3.63, 3.8) is 0 Å². The minimum atomic E-state index is -0.418. The van der Waals surface area contributed by atoms with E-state index in [0.29, 0.717) is 21.0 Å². The molecule has 5 nitrogen and oxygen atoms in total. The summed E-state index contributed by atoms with van der Waals surface area (Å²) in [6.45, 7) is 0. The second-order valence-corrected chi connectivity index (χ2v) is 8.40. The number of benzene rings is 2. The standard InChI is InChI=1S/C18H16Cl2N4OS2/c19-13-6-14(20)8-15(7-13)24-17(22-23-18(24)27-10-16(21)25)11-26-9-12-4-2-1-3-5-12/h1-8H,9-11H2,(H2,21,25). The molecule has 3 rings (SSSR count). The Morgan fingerprint density at radius 2 is 1.74 bits per heavy atom. The Morgan fingerprint density at radius 3 is 2.41 bits per heavy atom. The van der Waals surface area contributed by atoms with E-state index in [1.165, 1.54) is 17.3 Å². The van der Waals surface area contributed by atoms with Crippen LogP contribution in [0.25, 0.3) is 5.69 Å². The molecule has 0 saturated carbocycles. The maximum atomic E-state index is 11.2. The molecule has 9 heteroatoms. The first kappa shape index (κ1) is 20.1. The van der Waals surface area contributed by atoms with E-state index < -0.39 is 5.91 Å². The average Bonchev–Trinajstić information content (AvgIpc) is 3.03. The molecule has 27 heavy (non-hydrogen) atoms. The molecule has 2 aromatic carbocycles. The number of primary amides is 1. The van der Waals surface area contributed by atoms with Gasteiger partial charge in [0.2, 0.25) is 5.91 Å². The van der Waals surface area contributed by atoms with Crippen molar-refractivity contribution in [2.24, 2.45) is 5.73 Å². The van der Waals surface area contributed by atoms with Gasteiger partial charge in [-0.15, -0.1) is 22.0 Å². The van der Waals surface area contributed by atoms with Crippen molar-refractivity contribution in [3.8, 4) is 5.69 Å². The number of nitrogens with zero attached hydrogens (tertiary/aromatic N) is 3. The average molecular weight is 439 g/mol. The van der Waals surface area contributed by atoms with Crippen LogP contribution in [0.2, 0.25) is 10.0 Å². The van der Waals surface area contributed by atoms with E-state index in [4.69, 9.17) is 28.9 Å². The molecular formula is C18H16Cl2N4OS2. The number of hydrogen-bond acceptors (Lipinski definition) is 5. The maximum absolute atomic E-state index is 11.2. The Labute approximate surface area is 175 Å². The van der Waals surface area contributed by atoms with Crippen LogP contribution in [0, 0.1) is 0 Å². The molecule has 1 heterocycles. The van der Waals surface area contributed by atoms with Gasteiger partial charge in [0.1, 0.15) is 5.82 Å². The Balaban J connectivity index is 1.85. The predicted molar refractivity (Wildman–Crippen MR) is 113 cm³/mol. The van der Waals surface area contributed by atoms with Crippen molar-refractivity contribution >= 4 is 52.6 Å². The molecule has 1 amide bonds. The van der Waals surface area contributed by atoms with Crippen molar-refractivity contribution in [3.05, 3.63) is 70.0 Å². The van der Waals surface area contributed by atoms with Gasteiger partial charge in [0, 0.05) is 15.8 Å². The van der Waals surface area contributed by atoms with Crippen molar-refractivity contribution in [2.75, 3.05) is 5.75 Å². The van der Waals surface area contributed by atoms with Gasteiger partial charge < -0.3 is 5.73 Å². The minimum Gasteiger partial charge on any atom is -0.369 e. The third kappa shape index (κ3) is 5.65. The first-order valence-electron chi connectivity index (χ1n) is 7.96. The van der Waals surface area contributed by atoms with Crippen molar-refractivity contribution in [1.82, 2.24) is 14.8 Å². The summed E-state index contributed by atoms with van der Waals surface area (Å²) in [5.74, 6) is 1.94. The molecule has 1 aromatic heterocycles. The quantitative estimate of drug-likeness (QED) is 0.520. The summed E-state index contributed by atoms with van der Waals surface area (Å²) in [6, 6.07) is 15.4. The Bertz CT molecular complexity index is 914. The largest absolute Gasteiger partial charge is 0.369 e. The molecule has 0 saturated heterocycles. The molecule has 0 unspecified atom stereocenters. The van der Waals surface area contributed by atoms with E-state index in [9.17, 15) is 4.79 Å². The fourth-order valence-corrected chi connectivity index (χ4v) is 4.51. The van der Waals surface area contributed by atoms with Gasteiger partial charge in [-0.05, 0) is 23.8 Å². The molecule has 2 N–H and O–H groups in total. The van der Waals surface area contributed by atoms with Gasteiger partial charge in [-0.2, -0.15) is 0 Å². The predicted octanol–water partition coefficient (Wildman–Crippen LogP) is 4.58. The van der Waals surface area contributed by atoms with Gasteiger partial charge in [0.25, 0.3) is 0 Å². The van der Waals surface area contributed by atoms with Crippen LogP contribution in [0.15, 0.2) is 53.7 Å². The Hall–Kier alpha value is -1.67. The van der Waals surface area contributed by atoms with Gasteiger partial charge in [0.15, 0.2) is 5.16 Å². The summed E-state index contributed by atoms with van der Waals surface area (Å²) in [4.78, 5) is 11.2. The first-order valence-corrected chi connectivity index (χ1v) is 10.9. The number of thioether (sulfide) groups is 2. The van der Waals surface area contributed by atoms with Crippen LogP contribution in [-0.4, -0.2) is 26.4 Å². The fraction of sp³-hybridized carbons (Fsp3) is 0.167. The summed E-state index contributed by atoms with van der Waals surface area (Å²) in [5, 5.41) is 10.1. The number of aromatic nitrogens is 3. The van der Waals surface area contributed by atoms with Gasteiger partial charge in [-0.25, -0.2) is 0 Å². The Kier molecular flexibility index (Phi) is 7.07. The zero-order valence-corrected chi connectivity index (χ0v) is 17.3. The van der Waals surface area contributed by atoms with Crippen LogP contribution >= 0.6 is 46.7 Å². The molecule has 0 spiro atoms. The zero-order chi connectivity index (χ0) is 19.2. The maximum Gasteiger partial charge on any atom is 0.227 e. The lowest BCUT2D eigenvalue weighted by Gasteiger charge is -2.11. The van der Waals surface area contributed by atoms with E-state index in [0.717, 1.165) is 17.3 Å². The number of amides is 1. The van der Waals surface area contributed by atoms with Crippen molar-refractivity contribution in [1.29, 1.82) is 0 Å². The Morgan fingerprint density at radius 1 is 1.04 bits per heavy atom. The smallest absolute Gasteiger partial charge is 0.227 e. The van der Waals surface area contributed by atoms with Gasteiger partial charge in [-0.1, -0.05) is 65.3 Å². The molecule has 3 aromatic rings. The molecule has 0 aliphatic carbocycles. The van der Waals surface area contributed by atoms with Crippen molar-refractivity contribution in [2.45, 2.75) is 16.7 Å². The number of nitrogens with two attached hydrogens (primary N) is 1. The second kappa shape index (κ2) is 9.50. The summed E-state index contributed by atoms with van der Waals surface area (Å²) >= 11 is 15.3.